The van der Waals surface area contributed by atoms with Crippen molar-refractivity contribution >= 4 is 20.9 Å². The van der Waals surface area contributed by atoms with Gasteiger partial charge in [0, 0.05) is 6.42 Å². The number of Topliss-reactive ketones (excluding diaryl/α,β-unsaturated/α-hetero) is 1. The van der Waals surface area contributed by atoms with Gasteiger partial charge in [0.15, 0.2) is 0 Å². The van der Waals surface area contributed by atoms with E-state index in [0.29, 0.717) is 0 Å². The predicted octanol–water partition coefficient (Wildman–Crippen LogP) is -0.829. The van der Waals surface area contributed by atoms with Crippen LogP contribution in [-0.2, 0) is 19.6 Å². The van der Waals surface area contributed by atoms with Crippen LogP contribution in [-0.4, -0.2) is 19.3 Å². The molecule has 2 N–H and O–H groups in total. The summed E-state index contributed by atoms with van der Waals surface area (Å²) in [7, 11) is -4.17. The molecule has 64 valence electrons. The summed E-state index contributed by atoms with van der Waals surface area (Å²) in [6, 6.07) is 0. The summed E-state index contributed by atoms with van der Waals surface area (Å²) in [6.45, 7) is 1.54. The molecule has 0 aliphatic heterocycles. The molecule has 5 nitrogen and oxygen atoms in total. The number of sulfonamides is 1. The van der Waals surface area contributed by atoms with Gasteiger partial charge in [0.05, 0.1) is 6.42 Å². The molecule has 0 fully saturated rings. The maximum Gasteiger partial charge on any atom is 0.272 e. The quantitative estimate of drug-likeness (QED) is 0.572. The second-order valence-corrected chi connectivity index (χ2v) is 3.53. The molecule has 0 saturated heterocycles. The molecule has 0 atom stereocenters. The maximum absolute atomic E-state index is 10.5. The van der Waals surface area contributed by atoms with Crippen LogP contribution in [0.1, 0.15) is 19.8 Å². The minimum absolute atomic E-state index is 0.140. The van der Waals surface area contributed by atoms with E-state index in [1.807, 2.05) is 0 Å². The summed E-state index contributed by atoms with van der Waals surface area (Å²) in [6.07, 6.45) is -0.476. The number of primary sulfonamides is 1. The number of ketones is 1. The fourth-order valence-electron chi connectivity index (χ4n) is 0.387. The van der Waals surface area contributed by atoms with Crippen molar-refractivity contribution in [3.8, 4) is 0 Å². The standard InChI is InChI=1S/C5H9NO4S/c1-2-4(7)3-5(8)11(6,9)10/h2-3H2,1H3,(H2,6,9,10). The molecule has 0 heterocycles. The molecule has 0 spiro atoms. The summed E-state index contributed by atoms with van der Waals surface area (Å²) >= 11 is 0. The topological polar surface area (TPSA) is 94.3 Å². The number of hydrogen-bond donors (Lipinski definition) is 1. The number of rotatable bonds is 3. The summed E-state index contributed by atoms with van der Waals surface area (Å²) in [5, 5.41) is 3.23. The third kappa shape index (κ3) is 3.84. The Kier molecular flexibility index (Phi) is 3.34. The molecule has 0 aromatic carbocycles. The fourth-order valence-corrected chi connectivity index (χ4v) is 0.749. The molecule has 0 saturated carbocycles. The van der Waals surface area contributed by atoms with Crippen LogP contribution < -0.4 is 5.14 Å². The zero-order valence-electron chi connectivity index (χ0n) is 6.03. The average Bonchev–Trinajstić information content (AvgIpc) is 1.85. The number of carbonyl (C=O) groups excluding carboxylic acids is 2. The van der Waals surface area contributed by atoms with Gasteiger partial charge in [0.25, 0.3) is 15.1 Å². The van der Waals surface area contributed by atoms with Gasteiger partial charge in [-0.25, -0.2) is 13.6 Å². The first kappa shape index (κ1) is 10.2. The van der Waals surface area contributed by atoms with E-state index in [-0.39, 0.29) is 6.42 Å². The Bertz CT molecular complexity index is 266. The Morgan fingerprint density at radius 3 is 2.09 bits per heavy atom. The average molecular weight is 179 g/mol. The molecule has 0 aliphatic rings. The lowest BCUT2D eigenvalue weighted by molar-refractivity contribution is -0.123. The molecule has 0 amide bonds. The first-order valence-corrected chi connectivity index (χ1v) is 4.50. The zero-order chi connectivity index (χ0) is 9.07. The van der Waals surface area contributed by atoms with E-state index in [0.717, 1.165) is 0 Å². The SMILES string of the molecule is CCC(=O)CC(=O)S(N)(=O)=O. The summed E-state index contributed by atoms with van der Waals surface area (Å²) in [4.78, 5) is 21.0. The number of carbonyl (C=O) groups is 2. The molecule has 0 aromatic rings. The third-order valence-corrected chi connectivity index (χ3v) is 1.83. The maximum atomic E-state index is 10.5. The van der Waals surface area contributed by atoms with Gasteiger partial charge in [-0.05, 0) is 0 Å². The van der Waals surface area contributed by atoms with Crippen LogP contribution in [0.3, 0.4) is 0 Å². The monoisotopic (exact) mass is 179 g/mol. The first-order valence-electron chi connectivity index (χ1n) is 2.95. The van der Waals surface area contributed by atoms with Crippen LogP contribution in [0.2, 0.25) is 0 Å². The zero-order valence-corrected chi connectivity index (χ0v) is 6.85. The van der Waals surface area contributed by atoms with Crippen LogP contribution >= 0.6 is 0 Å². The summed E-state index contributed by atoms with van der Waals surface area (Å²) in [5.41, 5.74) is 0. The molecule has 11 heavy (non-hydrogen) atoms. The van der Waals surface area contributed by atoms with Crippen LogP contribution in [0.5, 0.6) is 0 Å². The Balaban J connectivity index is 4.22. The highest BCUT2D eigenvalue weighted by Crippen LogP contribution is 1.93. The van der Waals surface area contributed by atoms with Crippen molar-refractivity contribution < 1.29 is 18.0 Å². The van der Waals surface area contributed by atoms with Crippen LogP contribution in [0.25, 0.3) is 0 Å². The van der Waals surface area contributed by atoms with E-state index in [4.69, 9.17) is 0 Å². The van der Waals surface area contributed by atoms with E-state index < -0.39 is 27.3 Å². The Labute approximate surface area is 64.6 Å². The lowest BCUT2D eigenvalue weighted by atomic mass is 10.2. The van der Waals surface area contributed by atoms with Crippen molar-refractivity contribution in [2.45, 2.75) is 19.8 Å². The van der Waals surface area contributed by atoms with Gasteiger partial charge in [-0.15, -0.1) is 0 Å². The number of nitrogens with two attached hydrogens (primary N) is 1. The van der Waals surface area contributed by atoms with Gasteiger partial charge in [0.1, 0.15) is 5.78 Å². The van der Waals surface area contributed by atoms with Crippen LogP contribution in [0, 0.1) is 0 Å². The smallest absolute Gasteiger partial charge is 0.272 e. The van der Waals surface area contributed by atoms with Crippen molar-refractivity contribution in [1.29, 1.82) is 0 Å². The van der Waals surface area contributed by atoms with Crippen molar-refractivity contribution in [1.82, 2.24) is 0 Å². The second kappa shape index (κ2) is 3.59. The summed E-state index contributed by atoms with van der Waals surface area (Å²) < 4.78 is 20.5. The van der Waals surface area contributed by atoms with E-state index >= 15 is 0 Å². The molecule has 0 bridgehead atoms. The summed E-state index contributed by atoms with van der Waals surface area (Å²) in [5.74, 6) is -0.427. The largest absolute Gasteiger partial charge is 0.299 e. The van der Waals surface area contributed by atoms with E-state index in [1.54, 1.807) is 6.92 Å². The van der Waals surface area contributed by atoms with Crippen molar-refractivity contribution in [2.24, 2.45) is 5.14 Å². The van der Waals surface area contributed by atoms with Gasteiger partial charge in [-0.1, -0.05) is 6.92 Å². The highest BCUT2D eigenvalue weighted by Gasteiger charge is 2.18. The lowest BCUT2D eigenvalue weighted by Crippen LogP contribution is -2.25. The predicted molar refractivity (Wildman–Crippen MR) is 38.0 cm³/mol. The highest BCUT2D eigenvalue weighted by molar-refractivity contribution is 8.04. The molecular weight excluding hydrogens is 170 g/mol. The first-order chi connectivity index (χ1) is 4.88. The van der Waals surface area contributed by atoms with Gasteiger partial charge in [0.2, 0.25) is 0 Å². The Morgan fingerprint density at radius 1 is 1.36 bits per heavy atom. The van der Waals surface area contributed by atoms with Gasteiger partial charge >= 0.3 is 0 Å². The Hall–Kier alpha value is -0.750. The second-order valence-electron chi connectivity index (χ2n) is 1.99. The van der Waals surface area contributed by atoms with Crippen molar-refractivity contribution in [3.05, 3.63) is 0 Å². The normalized spacial score (nSPS) is 11.1. The molecule has 0 aliphatic carbocycles. The van der Waals surface area contributed by atoms with E-state index in [9.17, 15) is 18.0 Å². The van der Waals surface area contributed by atoms with Crippen molar-refractivity contribution in [2.75, 3.05) is 0 Å². The fraction of sp³-hybridized carbons (Fsp3) is 0.600. The van der Waals surface area contributed by atoms with Gasteiger partial charge < -0.3 is 0 Å². The molecule has 6 heteroatoms. The van der Waals surface area contributed by atoms with Gasteiger partial charge in [-0.2, -0.15) is 0 Å². The minimum atomic E-state index is -4.17. The molecule has 0 unspecified atom stereocenters. The molecule has 0 aromatic heterocycles. The van der Waals surface area contributed by atoms with Gasteiger partial charge in [-0.3, -0.25) is 9.59 Å². The number of hydrogen-bond acceptors (Lipinski definition) is 4. The lowest BCUT2D eigenvalue weighted by Gasteiger charge is -1.93. The van der Waals surface area contributed by atoms with Crippen LogP contribution in [0.4, 0.5) is 0 Å². The highest BCUT2D eigenvalue weighted by atomic mass is 32.2. The van der Waals surface area contributed by atoms with Crippen LogP contribution in [0.15, 0.2) is 0 Å². The molecule has 0 rings (SSSR count). The minimum Gasteiger partial charge on any atom is -0.299 e. The van der Waals surface area contributed by atoms with Crippen molar-refractivity contribution in [3.63, 3.8) is 0 Å². The molecular formula is C5H9NO4S. The van der Waals surface area contributed by atoms with E-state index in [2.05, 4.69) is 5.14 Å². The van der Waals surface area contributed by atoms with E-state index in [1.165, 1.54) is 0 Å². The Morgan fingerprint density at radius 2 is 1.82 bits per heavy atom. The third-order valence-electron chi connectivity index (χ3n) is 1.05. The molecule has 0 radical (unpaired) electrons.